The quantitative estimate of drug-likeness (QED) is 0.814. The van der Waals surface area contributed by atoms with Crippen molar-refractivity contribution in [2.45, 2.75) is 31.7 Å². The van der Waals surface area contributed by atoms with Crippen LogP contribution in [0.2, 0.25) is 0 Å². The van der Waals surface area contributed by atoms with E-state index in [9.17, 15) is 18.0 Å². The van der Waals surface area contributed by atoms with E-state index >= 15 is 0 Å². The van der Waals surface area contributed by atoms with Crippen molar-refractivity contribution in [2.24, 2.45) is 0 Å². The number of aryl methyl sites for hydroxylation is 1. The van der Waals surface area contributed by atoms with Gasteiger partial charge in [0.05, 0.1) is 11.8 Å². The van der Waals surface area contributed by atoms with Crippen LogP contribution in [0.5, 0.6) is 0 Å². The molecule has 7 nitrogen and oxygen atoms in total. The van der Waals surface area contributed by atoms with E-state index in [1.165, 1.54) is 22.7 Å². The number of benzene rings is 1. The molecule has 138 valence electrons. The number of rotatable bonds is 6. The molecule has 1 N–H and O–H groups in total. The highest BCUT2D eigenvalue weighted by atomic mass is 32.2. The molecule has 0 unspecified atom stereocenters. The van der Waals surface area contributed by atoms with Crippen LogP contribution in [-0.4, -0.2) is 67.0 Å². The molecule has 1 aliphatic heterocycles. The van der Waals surface area contributed by atoms with E-state index in [2.05, 4.69) is 0 Å². The van der Waals surface area contributed by atoms with Gasteiger partial charge in [-0.1, -0.05) is 12.1 Å². The molecule has 25 heavy (non-hydrogen) atoms. The number of carbonyl (C=O) groups is 2. The summed E-state index contributed by atoms with van der Waals surface area (Å²) in [7, 11) is -1.63. The van der Waals surface area contributed by atoms with E-state index in [0.29, 0.717) is 38.8 Å². The predicted octanol–water partition coefficient (Wildman–Crippen LogP) is 1.20. The fourth-order valence-electron chi connectivity index (χ4n) is 2.97. The van der Waals surface area contributed by atoms with Gasteiger partial charge >= 0.3 is 5.97 Å². The van der Waals surface area contributed by atoms with E-state index in [4.69, 9.17) is 5.11 Å². The van der Waals surface area contributed by atoms with Gasteiger partial charge in [-0.25, -0.2) is 17.5 Å². The number of hydrogen-bond donors (Lipinski definition) is 1. The summed E-state index contributed by atoms with van der Waals surface area (Å²) in [5, 5.41) is 8.87. The van der Waals surface area contributed by atoms with Gasteiger partial charge in [0, 0.05) is 32.6 Å². The molecule has 0 atom stereocenters. The zero-order valence-corrected chi connectivity index (χ0v) is 15.3. The maximum absolute atomic E-state index is 12.3. The molecule has 0 spiro atoms. The van der Waals surface area contributed by atoms with Crippen molar-refractivity contribution >= 4 is 21.9 Å². The minimum atomic E-state index is -3.21. The highest BCUT2D eigenvalue weighted by Gasteiger charge is 2.28. The molecule has 1 amide bonds. The van der Waals surface area contributed by atoms with Crippen molar-refractivity contribution in [3.8, 4) is 0 Å². The molecule has 1 aliphatic rings. The van der Waals surface area contributed by atoms with E-state index in [0.717, 1.165) is 5.56 Å². The number of nitrogens with zero attached hydrogens (tertiary/aromatic N) is 2. The van der Waals surface area contributed by atoms with Crippen LogP contribution in [0.4, 0.5) is 0 Å². The standard InChI is InChI=1S/C17H24N2O5S/c1-18(25(2,23)24)15-9-11-19(12-10-15)16(20)8-5-13-3-6-14(7-4-13)17(21)22/h3-4,6-7,15H,5,8-12H2,1-2H3,(H,21,22). The lowest BCUT2D eigenvalue weighted by atomic mass is 10.0. The van der Waals surface area contributed by atoms with Gasteiger partial charge in [0.25, 0.3) is 0 Å². The van der Waals surface area contributed by atoms with Crippen molar-refractivity contribution < 1.29 is 23.1 Å². The van der Waals surface area contributed by atoms with Crippen molar-refractivity contribution in [1.29, 1.82) is 0 Å². The molecule has 0 saturated carbocycles. The fraction of sp³-hybridized carbons (Fsp3) is 0.529. The second-order valence-corrected chi connectivity index (χ2v) is 8.44. The number of sulfonamides is 1. The number of carbonyl (C=O) groups excluding carboxylic acids is 1. The number of carboxylic acid groups (broad SMARTS) is 1. The van der Waals surface area contributed by atoms with Gasteiger partial charge in [-0.15, -0.1) is 0 Å². The highest BCUT2D eigenvalue weighted by molar-refractivity contribution is 7.88. The lowest BCUT2D eigenvalue weighted by Crippen LogP contribution is -2.47. The summed E-state index contributed by atoms with van der Waals surface area (Å²) in [5.74, 6) is -0.924. The van der Waals surface area contributed by atoms with Crippen LogP contribution in [-0.2, 0) is 21.2 Å². The van der Waals surface area contributed by atoms with Crippen molar-refractivity contribution in [2.75, 3.05) is 26.4 Å². The third kappa shape index (κ3) is 5.27. The summed E-state index contributed by atoms with van der Waals surface area (Å²) in [6, 6.07) is 6.47. The first-order chi connectivity index (χ1) is 11.7. The Balaban J connectivity index is 1.82. The molecule has 0 bridgehead atoms. The average Bonchev–Trinajstić information content (AvgIpc) is 2.58. The molecule has 2 rings (SSSR count). The predicted molar refractivity (Wildman–Crippen MR) is 93.9 cm³/mol. The van der Waals surface area contributed by atoms with E-state index in [-0.39, 0.29) is 17.5 Å². The average molecular weight is 368 g/mol. The monoisotopic (exact) mass is 368 g/mol. The molecule has 0 aliphatic carbocycles. The lowest BCUT2D eigenvalue weighted by Gasteiger charge is -2.35. The molecule has 8 heteroatoms. The van der Waals surface area contributed by atoms with Crippen LogP contribution >= 0.6 is 0 Å². The normalized spacial score (nSPS) is 16.2. The van der Waals surface area contributed by atoms with Crippen LogP contribution < -0.4 is 0 Å². The Morgan fingerprint density at radius 3 is 2.24 bits per heavy atom. The highest BCUT2D eigenvalue weighted by Crippen LogP contribution is 2.18. The summed E-state index contributed by atoms with van der Waals surface area (Å²) >= 11 is 0. The summed E-state index contributed by atoms with van der Waals surface area (Å²) in [4.78, 5) is 24.9. The number of carboxylic acids is 1. The lowest BCUT2D eigenvalue weighted by molar-refractivity contribution is -0.132. The number of aromatic carboxylic acids is 1. The number of amides is 1. The Morgan fingerprint density at radius 2 is 1.76 bits per heavy atom. The molecule has 1 aromatic carbocycles. The van der Waals surface area contributed by atoms with Gasteiger partial charge in [0.1, 0.15) is 0 Å². The minimum Gasteiger partial charge on any atom is -0.478 e. The Kier molecular flexibility index (Phi) is 6.18. The molecular weight excluding hydrogens is 344 g/mol. The molecular formula is C17H24N2O5S. The Hall–Kier alpha value is -1.93. The van der Waals surface area contributed by atoms with Crippen LogP contribution in [0, 0.1) is 0 Å². The molecule has 0 radical (unpaired) electrons. The maximum Gasteiger partial charge on any atom is 0.335 e. The largest absolute Gasteiger partial charge is 0.478 e. The van der Waals surface area contributed by atoms with E-state index in [1.54, 1.807) is 24.1 Å². The van der Waals surface area contributed by atoms with Gasteiger partial charge in [0.2, 0.25) is 15.9 Å². The van der Waals surface area contributed by atoms with Crippen LogP contribution in [0.25, 0.3) is 0 Å². The molecule has 1 aromatic rings. The molecule has 0 aromatic heterocycles. The van der Waals surface area contributed by atoms with Crippen LogP contribution in [0.3, 0.4) is 0 Å². The summed E-state index contributed by atoms with van der Waals surface area (Å²) in [5.41, 5.74) is 1.15. The van der Waals surface area contributed by atoms with Gasteiger partial charge in [-0.2, -0.15) is 0 Å². The minimum absolute atomic E-state index is 0.0442. The Bertz CT molecular complexity index is 722. The number of likely N-dealkylation sites (tertiary alicyclic amines) is 1. The van der Waals surface area contributed by atoms with Crippen LogP contribution in [0.1, 0.15) is 35.2 Å². The van der Waals surface area contributed by atoms with Gasteiger partial charge in [-0.3, -0.25) is 4.79 Å². The SMILES string of the molecule is CN(C1CCN(C(=O)CCc2ccc(C(=O)O)cc2)CC1)S(C)(=O)=O. The first kappa shape index (κ1) is 19.4. The zero-order chi connectivity index (χ0) is 18.6. The topological polar surface area (TPSA) is 95.0 Å². The van der Waals surface area contributed by atoms with E-state index < -0.39 is 16.0 Å². The van der Waals surface area contributed by atoms with Gasteiger partial charge in [-0.05, 0) is 37.0 Å². The van der Waals surface area contributed by atoms with Crippen molar-refractivity contribution in [3.63, 3.8) is 0 Å². The first-order valence-electron chi connectivity index (χ1n) is 8.21. The Morgan fingerprint density at radius 1 is 1.20 bits per heavy atom. The van der Waals surface area contributed by atoms with Crippen molar-refractivity contribution in [3.05, 3.63) is 35.4 Å². The second-order valence-electron chi connectivity index (χ2n) is 6.39. The van der Waals surface area contributed by atoms with Gasteiger partial charge < -0.3 is 10.0 Å². The van der Waals surface area contributed by atoms with Crippen LogP contribution in [0.15, 0.2) is 24.3 Å². The molecule has 1 heterocycles. The first-order valence-corrected chi connectivity index (χ1v) is 10.1. The zero-order valence-electron chi connectivity index (χ0n) is 14.5. The third-order valence-electron chi connectivity index (χ3n) is 4.68. The second kappa shape index (κ2) is 7.97. The molecule has 1 saturated heterocycles. The number of hydrogen-bond acceptors (Lipinski definition) is 4. The summed E-state index contributed by atoms with van der Waals surface area (Å²) in [6.07, 6.45) is 3.40. The summed E-state index contributed by atoms with van der Waals surface area (Å²) in [6.45, 7) is 1.11. The molecule has 1 fully saturated rings. The fourth-order valence-corrected chi connectivity index (χ4v) is 3.73. The smallest absolute Gasteiger partial charge is 0.335 e. The van der Waals surface area contributed by atoms with Gasteiger partial charge in [0.15, 0.2) is 0 Å². The third-order valence-corrected chi connectivity index (χ3v) is 6.03. The Labute approximate surface area is 148 Å². The van der Waals surface area contributed by atoms with E-state index in [1.807, 2.05) is 0 Å². The number of piperidine rings is 1. The maximum atomic E-state index is 12.3. The summed E-state index contributed by atoms with van der Waals surface area (Å²) < 4.78 is 24.5. The van der Waals surface area contributed by atoms with Crippen molar-refractivity contribution in [1.82, 2.24) is 9.21 Å².